The van der Waals surface area contributed by atoms with Crippen LogP contribution in [0.4, 0.5) is 0 Å². The van der Waals surface area contributed by atoms with Gasteiger partial charge in [-0.1, -0.05) is 13.8 Å². The molecule has 0 aliphatic carbocycles. The SMILES string of the molecule is CCc1ccsc1C(=O)NC(CC)c1ncc[nH]1. The number of aromatic amines is 1. The van der Waals surface area contributed by atoms with Crippen molar-refractivity contribution in [3.63, 3.8) is 0 Å². The van der Waals surface area contributed by atoms with Gasteiger partial charge in [-0.25, -0.2) is 4.98 Å². The first-order valence-electron chi connectivity index (χ1n) is 6.12. The van der Waals surface area contributed by atoms with Gasteiger partial charge in [0, 0.05) is 12.4 Å². The van der Waals surface area contributed by atoms with Gasteiger partial charge in [-0.05, 0) is 29.9 Å². The monoisotopic (exact) mass is 263 g/mol. The van der Waals surface area contributed by atoms with E-state index in [0.29, 0.717) is 0 Å². The van der Waals surface area contributed by atoms with Gasteiger partial charge in [-0.3, -0.25) is 4.79 Å². The minimum absolute atomic E-state index is 0.00917. The average molecular weight is 263 g/mol. The van der Waals surface area contributed by atoms with Crippen molar-refractivity contribution in [2.24, 2.45) is 0 Å². The first-order chi connectivity index (χ1) is 8.76. The Morgan fingerprint density at radius 3 is 3.00 bits per heavy atom. The zero-order chi connectivity index (χ0) is 13.0. The second kappa shape index (κ2) is 5.82. The number of aromatic nitrogens is 2. The predicted molar refractivity (Wildman–Crippen MR) is 72.8 cm³/mol. The molecule has 0 radical (unpaired) electrons. The van der Waals surface area contributed by atoms with Crippen molar-refractivity contribution in [2.45, 2.75) is 32.7 Å². The Balaban J connectivity index is 2.11. The number of imidazole rings is 1. The van der Waals surface area contributed by atoms with Gasteiger partial charge in [0.1, 0.15) is 5.82 Å². The number of rotatable bonds is 5. The van der Waals surface area contributed by atoms with E-state index in [2.05, 4.69) is 22.2 Å². The summed E-state index contributed by atoms with van der Waals surface area (Å²) in [6, 6.07) is 1.95. The molecule has 0 aromatic carbocycles. The number of nitrogens with one attached hydrogen (secondary N) is 2. The van der Waals surface area contributed by atoms with E-state index >= 15 is 0 Å². The minimum Gasteiger partial charge on any atom is -0.347 e. The van der Waals surface area contributed by atoms with E-state index in [-0.39, 0.29) is 11.9 Å². The lowest BCUT2D eigenvalue weighted by Gasteiger charge is -2.14. The normalized spacial score (nSPS) is 12.3. The van der Waals surface area contributed by atoms with Crippen LogP contribution in [0.2, 0.25) is 0 Å². The minimum atomic E-state index is -0.0562. The van der Waals surface area contributed by atoms with Crippen LogP contribution in [-0.2, 0) is 6.42 Å². The van der Waals surface area contributed by atoms with Crippen LogP contribution in [0.1, 0.15) is 47.4 Å². The quantitative estimate of drug-likeness (QED) is 0.871. The van der Waals surface area contributed by atoms with Crippen LogP contribution in [0.5, 0.6) is 0 Å². The third-order valence-electron chi connectivity index (χ3n) is 2.90. The molecule has 0 aliphatic rings. The molecule has 0 spiro atoms. The van der Waals surface area contributed by atoms with E-state index < -0.39 is 0 Å². The van der Waals surface area contributed by atoms with Gasteiger partial charge in [0.15, 0.2) is 0 Å². The fraction of sp³-hybridized carbons (Fsp3) is 0.385. The number of hydrogen-bond acceptors (Lipinski definition) is 3. The molecule has 0 fully saturated rings. The summed E-state index contributed by atoms with van der Waals surface area (Å²) < 4.78 is 0. The summed E-state index contributed by atoms with van der Waals surface area (Å²) in [4.78, 5) is 20.3. The van der Waals surface area contributed by atoms with E-state index in [4.69, 9.17) is 0 Å². The highest BCUT2D eigenvalue weighted by Crippen LogP contribution is 2.19. The van der Waals surface area contributed by atoms with Crippen LogP contribution in [0.3, 0.4) is 0 Å². The maximum absolute atomic E-state index is 12.2. The number of carbonyl (C=O) groups is 1. The third kappa shape index (κ3) is 2.61. The fourth-order valence-corrected chi connectivity index (χ4v) is 2.77. The summed E-state index contributed by atoms with van der Waals surface area (Å²) in [7, 11) is 0. The molecule has 2 heterocycles. The van der Waals surface area contributed by atoms with Crippen molar-refractivity contribution in [1.29, 1.82) is 0 Å². The highest BCUT2D eigenvalue weighted by molar-refractivity contribution is 7.12. The lowest BCUT2D eigenvalue weighted by Crippen LogP contribution is -2.28. The maximum Gasteiger partial charge on any atom is 0.262 e. The number of carbonyl (C=O) groups excluding carboxylic acids is 1. The van der Waals surface area contributed by atoms with E-state index in [9.17, 15) is 4.79 Å². The van der Waals surface area contributed by atoms with Crippen LogP contribution >= 0.6 is 11.3 Å². The molecule has 0 bridgehead atoms. The van der Waals surface area contributed by atoms with Crippen molar-refractivity contribution in [2.75, 3.05) is 0 Å². The molecule has 4 nitrogen and oxygen atoms in total. The number of hydrogen-bond donors (Lipinski definition) is 2. The molecule has 2 N–H and O–H groups in total. The molecule has 1 amide bonds. The Hall–Kier alpha value is -1.62. The van der Waals surface area contributed by atoms with E-state index in [1.54, 1.807) is 12.4 Å². The van der Waals surface area contributed by atoms with Crippen molar-refractivity contribution in [1.82, 2.24) is 15.3 Å². The lowest BCUT2D eigenvalue weighted by atomic mass is 10.1. The predicted octanol–water partition coefficient (Wildman–Crippen LogP) is 2.91. The summed E-state index contributed by atoms with van der Waals surface area (Å²) in [5, 5.41) is 4.98. The average Bonchev–Trinajstić information content (AvgIpc) is 3.05. The topological polar surface area (TPSA) is 57.8 Å². The highest BCUT2D eigenvalue weighted by atomic mass is 32.1. The smallest absolute Gasteiger partial charge is 0.262 e. The molecular weight excluding hydrogens is 246 g/mol. The van der Waals surface area contributed by atoms with E-state index in [1.807, 2.05) is 18.4 Å². The largest absolute Gasteiger partial charge is 0.347 e. The van der Waals surface area contributed by atoms with Crippen LogP contribution in [0.25, 0.3) is 0 Å². The second-order valence-electron chi connectivity index (χ2n) is 4.04. The van der Waals surface area contributed by atoms with Crippen molar-refractivity contribution < 1.29 is 4.79 Å². The molecule has 2 aromatic heterocycles. The van der Waals surface area contributed by atoms with Gasteiger partial charge in [0.2, 0.25) is 0 Å². The van der Waals surface area contributed by atoms with Gasteiger partial charge in [-0.15, -0.1) is 11.3 Å². The zero-order valence-corrected chi connectivity index (χ0v) is 11.4. The summed E-state index contributed by atoms with van der Waals surface area (Å²) in [5.41, 5.74) is 1.10. The Morgan fingerprint density at radius 1 is 1.56 bits per heavy atom. The molecule has 1 atom stereocenters. The molecule has 96 valence electrons. The fourth-order valence-electron chi connectivity index (χ4n) is 1.87. The molecule has 1 unspecified atom stereocenters. The summed E-state index contributed by atoms with van der Waals surface area (Å²) in [6.45, 7) is 4.09. The second-order valence-corrected chi connectivity index (χ2v) is 4.95. The maximum atomic E-state index is 12.2. The first kappa shape index (κ1) is 12.8. The van der Waals surface area contributed by atoms with Gasteiger partial charge in [0.25, 0.3) is 5.91 Å². The summed E-state index contributed by atoms with van der Waals surface area (Å²) in [5.74, 6) is 0.797. The van der Waals surface area contributed by atoms with Crippen molar-refractivity contribution >= 4 is 17.2 Å². The third-order valence-corrected chi connectivity index (χ3v) is 3.85. The molecule has 18 heavy (non-hydrogen) atoms. The Labute approximate surface area is 110 Å². The molecule has 5 heteroatoms. The van der Waals surface area contributed by atoms with E-state index in [1.165, 1.54) is 11.3 Å². The van der Waals surface area contributed by atoms with Gasteiger partial charge < -0.3 is 10.3 Å². The summed E-state index contributed by atoms with van der Waals surface area (Å²) in [6.07, 6.45) is 5.16. The van der Waals surface area contributed by atoms with Crippen molar-refractivity contribution in [3.05, 3.63) is 40.1 Å². The molecule has 0 saturated carbocycles. The Bertz CT molecular complexity index is 504. The number of aryl methyl sites for hydroxylation is 1. The number of amides is 1. The number of thiophene rings is 1. The van der Waals surface area contributed by atoms with Crippen molar-refractivity contribution in [3.8, 4) is 0 Å². The Kier molecular flexibility index (Phi) is 4.15. The van der Waals surface area contributed by atoms with Crippen LogP contribution in [0.15, 0.2) is 23.8 Å². The standard InChI is InChI=1S/C13H17N3OS/c1-3-9-5-8-18-11(9)13(17)16-10(4-2)12-14-6-7-15-12/h5-8,10H,3-4H2,1-2H3,(H,14,15)(H,16,17). The van der Waals surface area contributed by atoms with E-state index in [0.717, 1.165) is 29.1 Å². The molecule has 2 rings (SSSR count). The molecule has 0 aliphatic heterocycles. The lowest BCUT2D eigenvalue weighted by molar-refractivity contribution is 0.0937. The van der Waals surface area contributed by atoms with Gasteiger partial charge in [0.05, 0.1) is 10.9 Å². The van der Waals surface area contributed by atoms with Crippen LogP contribution < -0.4 is 5.32 Å². The van der Waals surface area contributed by atoms with Crippen LogP contribution in [-0.4, -0.2) is 15.9 Å². The van der Waals surface area contributed by atoms with Crippen LogP contribution in [0, 0.1) is 0 Å². The van der Waals surface area contributed by atoms with Gasteiger partial charge >= 0.3 is 0 Å². The first-order valence-corrected chi connectivity index (χ1v) is 7.00. The summed E-state index contributed by atoms with van der Waals surface area (Å²) >= 11 is 1.49. The molecular formula is C13H17N3OS. The zero-order valence-electron chi connectivity index (χ0n) is 10.6. The Morgan fingerprint density at radius 2 is 2.39 bits per heavy atom. The molecule has 0 saturated heterocycles. The highest BCUT2D eigenvalue weighted by Gasteiger charge is 2.18. The molecule has 2 aromatic rings. The van der Waals surface area contributed by atoms with Gasteiger partial charge in [-0.2, -0.15) is 0 Å². The number of H-pyrrole nitrogens is 1. The number of nitrogens with zero attached hydrogens (tertiary/aromatic N) is 1.